The minimum Gasteiger partial charge on any atom is -0.507 e. The lowest BCUT2D eigenvalue weighted by molar-refractivity contribution is -0.132. The molecule has 2 aliphatic heterocycles. The number of ketones is 1. The van der Waals surface area contributed by atoms with Crippen LogP contribution in [0.15, 0.2) is 60.2 Å². The fourth-order valence-electron chi connectivity index (χ4n) is 4.71. The maximum absolute atomic E-state index is 13.5. The van der Waals surface area contributed by atoms with E-state index in [-0.39, 0.29) is 22.8 Å². The number of nitrogens with zero attached hydrogens (tertiary/aromatic N) is 1. The third kappa shape index (κ3) is 3.85. The Labute approximate surface area is 213 Å². The highest BCUT2D eigenvalue weighted by atomic mass is 35.5. The number of benzene rings is 3. The van der Waals surface area contributed by atoms with Gasteiger partial charge in [-0.15, -0.1) is 0 Å². The van der Waals surface area contributed by atoms with Crippen molar-refractivity contribution in [3.05, 3.63) is 87.4 Å². The van der Waals surface area contributed by atoms with Gasteiger partial charge in [0, 0.05) is 22.7 Å². The largest absolute Gasteiger partial charge is 0.507 e. The maximum atomic E-state index is 13.5. The number of hydrogen-bond donors (Lipinski definition) is 2. The first-order valence-corrected chi connectivity index (χ1v) is 12.0. The zero-order valence-corrected chi connectivity index (χ0v) is 20.5. The Morgan fingerprint density at radius 1 is 1.17 bits per heavy atom. The second-order valence-electron chi connectivity index (χ2n) is 8.63. The van der Waals surface area contributed by atoms with E-state index in [1.807, 2.05) is 0 Å². The molecule has 1 fully saturated rings. The number of aliphatic hydroxyl groups is 1. The summed E-state index contributed by atoms with van der Waals surface area (Å²) in [5, 5.41) is 22.1. The number of aliphatic hydroxyl groups excluding tert-OH is 1. The van der Waals surface area contributed by atoms with Crippen molar-refractivity contribution < 1.29 is 29.3 Å². The number of Topliss-reactive ketones (excluding diaryl/α,β-unsaturated/α-hetero) is 1. The molecular formula is C28H24ClNO6. The van der Waals surface area contributed by atoms with Crippen molar-refractivity contribution in [2.24, 2.45) is 0 Å². The lowest BCUT2D eigenvalue weighted by Gasteiger charge is -2.27. The first kappa shape index (κ1) is 23.8. The molecular weight excluding hydrogens is 482 g/mol. The van der Waals surface area contributed by atoms with Gasteiger partial charge in [-0.05, 0) is 73.0 Å². The van der Waals surface area contributed by atoms with Crippen molar-refractivity contribution in [3.8, 4) is 17.2 Å². The standard InChI is InChI=1S/C28H24ClNO6/c1-3-35-23-14-17(7-9-21(23)31)25-24(26(32)18-8-10-22-16(13-18)11-12-36-22)27(33)28(34)30(25)20-6-4-5-19(29)15(20)2/h4-10,13-14,25,31-32H,3,11-12H2,1-2H3/b26-24+. The Balaban J connectivity index is 1.74. The molecule has 2 heterocycles. The molecule has 0 aromatic heterocycles. The van der Waals surface area contributed by atoms with Gasteiger partial charge in [0.1, 0.15) is 11.5 Å². The van der Waals surface area contributed by atoms with Crippen LogP contribution in [0.5, 0.6) is 17.2 Å². The van der Waals surface area contributed by atoms with Crippen LogP contribution < -0.4 is 14.4 Å². The van der Waals surface area contributed by atoms with Crippen LogP contribution in [0, 0.1) is 6.92 Å². The number of phenols is 1. The van der Waals surface area contributed by atoms with Crippen LogP contribution in [-0.2, 0) is 16.0 Å². The van der Waals surface area contributed by atoms with Crippen molar-refractivity contribution in [1.29, 1.82) is 0 Å². The third-order valence-corrected chi connectivity index (χ3v) is 6.91. The van der Waals surface area contributed by atoms with Crippen molar-refractivity contribution in [2.75, 3.05) is 18.1 Å². The van der Waals surface area contributed by atoms with Crippen LogP contribution in [0.25, 0.3) is 5.76 Å². The van der Waals surface area contributed by atoms with E-state index in [0.29, 0.717) is 47.0 Å². The second kappa shape index (κ2) is 9.24. The van der Waals surface area contributed by atoms with Crippen molar-refractivity contribution >= 4 is 34.7 Å². The van der Waals surface area contributed by atoms with Gasteiger partial charge < -0.3 is 19.7 Å². The zero-order chi connectivity index (χ0) is 25.6. The molecule has 7 nitrogen and oxygen atoms in total. The van der Waals surface area contributed by atoms with Gasteiger partial charge in [-0.3, -0.25) is 14.5 Å². The van der Waals surface area contributed by atoms with Gasteiger partial charge in [-0.2, -0.15) is 0 Å². The first-order valence-electron chi connectivity index (χ1n) is 11.6. The molecule has 5 rings (SSSR count). The van der Waals surface area contributed by atoms with E-state index >= 15 is 0 Å². The molecule has 0 bridgehead atoms. The van der Waals surface area contributed by atoms with Gasteiger partial charge >= 0.3 is 0 Å². The quantitative estimate of drug-likeness (QED) is 0.277. The Kier molecular flexibility index (Phi) is 6.10. The number of ether oxygens (including phenoxy) is 2. The molecule has 0 spiro atoms. The van der Waals surface area contributed by atoms with Gasteiger partial charge in [-0.1, -0.05) is 23.7 Å². The summed E-state index contributed by atoms with van der Waals surface area (Å²) in [6.45, 7) is 4.40. The Hall–Kier alpha value is -3.97. The molecule has 0 aliphatic carbocycles. The van der Waals surface area contributed by atoms with E-state index in [1.165, 1.54) is 11.0 Å². The summed E-state index contributed by atoms with van der Waals surface area (Å²) in [4.78, 5) is 28.2. The van der Waals surface area contributed by atoms with Crippen LogP contribution >= 0.6 is 11.6 Å². The molecule has 184 valence electrons. The molecule has 3 aromatic carbocycles. The van der Waals surface area contributed by atoms with Crippen molar-refractivity contribution in [1.82, 2.24) is 0 Å². The number of rotatable bonds is 5. The van der Waals surface area contributed by atoms with E-state index in [4.69, 9.17) is 21.1 Å². The number of amides is 1. The minimum atomic E-state index is -0.980. The molecule has 36 heavy (non-hydrogen) atoms. The predicted octanol–water partition coefficient (Wildman–Crippen LogP) is 5.31. The fraction of sp³-hybridized carbons (Fsp3) is 0.214. The molecule has 1 unspecified atom stereocenters. The van der Waals surface area contributed by atoms with Gasteiger partial charge in [-0.25, -0.2) is 0 Å². The SMILES string of the molecule is CCOc1cc(C2/C(=C(\O)c3ccc4c(c3)CCO4)C(=O)C(=O)N2c2cccc(Cl)c2C)ccc1O. The summed E-state index contributed by atoms with van der Waals surface area (Å²) >= 11 is 6.36. The van der Waals surface area contributed by atoms with Crippen molar-refractivity contribution in [3.63, 3.8) is 0 Å². The van der Waals surface area contributed by atoms with E-state index in [0.717, 1.165) is 11.3 Å². The number of carbonyl (C=O) groups is 2. The topological polar surface area (TPSA) is 96.3 Å². The normalized spacial score (nSPS) is 18.3. The van der Waals surface area contributed by atoms with Crippen LogP contribution in [0.1, 0.15) is 35.2 Å². The minimum absolute atomic E-state index is 0.0635. The molecule has 8 heteroatoms. The van der Waals surface area contributed by atoms with E-state index < -0.39 is 17.7 Å². The van der Waals surface area contributed by atoms with Crippen LogP contribution in [0.4, 0.5) is 5.69 Å². The smallest absolute Gasteiger partial charge is 0.300 e. The van der Waals surface area contributed by atoms with Gasteiger partial charge in [0.15, 0.2) is 11.5 Å². The predicted molar refractivity (Wildman–Crippen MR) is 136 cm³/mol. The van der Waals surface area contributed by atoms with E-state index in [1.54, 1.807) is 62.4 Å². The summed E-state index contributed by atoms with van der Waals surface area (Å²) in [5.74, 6) is -1.03. The average molecular weight is 506 g/mol. The molecule has 2 aliphatic rings. The van der Waals surface area contributed by atoms with Crippen molar-refractivity contribution in [2.45, 2.75) is 26.3 Å². The number of halogens is 1. The van der Waals surface area contributed by atoms with Gasteiger partial charge in [0.05, 0.1) is 24.8 Å². The summed E-state index contributed by atoms with van der Waals surface area (Å²) in [5.41, 5.74) is 2.81. The number of fused-ring (bicyclic) bond motifs is 1. The molecule has 0 saturated carbocycles. The van der Waals surface area contributed by atoms with Crippen LogP contribution in [-0.4, -0.2) is 35.1 Å². The molecule has 1 amide bonds. The summed E-state index contributed by atoms with van der Waals surface area (Å²) in [6.07, 6.45) is 0.686. The number of carbonyl (C=O) groups excluding carboxylic acids is 2. The summed E-state index contributed by atoms with van der Waals surface area (Å²) < 4.78 is 11.1. The molecule has 0 radical (unpaired) electrons. The van der Waals surface area contributed by atoms with E-state index in [2.05, 4.69) is 0 Å². The highest BCUT2D eigenvalue weighted by molar-refractivity contribution is 6.52. The Bertz CT molecular complexity index is 1430. The summed E-state index contributed by atoms with van der Waals surface area (Å²) in [7, 11) is 0. The highest BCUT2D eigenvalue weighted by Crippen LogP contribution is 2.45. The number of aromatic hydroxyl groups is 1. The second-order valence-corrected chi connectivity index (χ2v) is 9.04. The van der Waals surface area contributed by atoms with Gasteiger partial charge in [0.25, 0.3) is 11.7 Å². The Morgan fingerprint density at radius 2 is 1.97 bits per heavy atom. The monoisotopic (exact) mass is 505 g/mol. The molecule has 1 saturated heterocycles. The third-order valence-electron chi connectivity index (χ3n) is 6.51. The summed E-state index contributed by atoms with van der Waals surface area (Å²) in [6, 6.07) is 13.9. The molecule has 2 N–H and O–H groups in total. The molecule has 3 aromatic rings. The highest BCUT2D eigenvalue weighted by Gasteiger charge is 2.47. The number of hydrogen-bond acceptors (Lipinski definition) is 6. The average Bonchev–Trinajstić information content (AvgIpc) is 3.44. The Morgan fingerprint density at radius 3 is 2.75 bits per heavy atom. The van der Waals surface area contributed by atoms with Crippen LogP contribution in [0.3, 0.4) is 0 Å². The van der Waals surface area contributed by atoms with E-state index in [9.17, 15) is 19.8 Å². The number of phenolic OH excluding ortho intramolecular Hbond substituents is 1. The number of anilines is 1. The fourth-order valence-corrected chi connectivity index (χ4v) is 4.88. The van der Waals surface area contributed by atoms with Gasteiger partial charge in [0.2, 0.25) is 0 Å². The maximum Gasteiger partial charge on any atom is 0.300 e. The van der Waals surface area contributed by atoms with Crippen LogP contribution in [0.2, 0.25) is 5.02 Å². The lowest BCUT2D eigenvalue weighted by Crippen LogP contribution is -2.30. The molecule has 1 atom stereocenters. The lowest BCUT2D eigenvalue weighted by atomic mass is 9.94. The zero-order valence-electron chi connectivity index (χ0n) is 19.7. The first-order chi connectivity index (χ1) is 17.3.